The van der Waals surface area contributed by atoms with Gasteiger partial charge < -0.3 is 5.11 Å². The first-order valence-corrected chi connectivity index (χ1v) is 3.64. The minimum atomic E-state index is -5.10. The molecule has 0 saturated heterocycles. The molecule has 0 radical (unpaired) electrons. The molecule has 0 aliphatic rings. The normalized spacial score (nSPS) is 16.0. The summed E-state index contributed by atoms with van der Waals surface area (Å²) in [5, 5.41) is 13.3. The highest BCUT2D eigenvalue weighted by Crippen LogP contribution is 2.35. The Bertz CT molecular complexity index is 435. The molecule has 0 amide bonds. The van der Waals surface area contributed by atoms with Gasteiger partial charge in [-0.25, -0.2) is 14.7 Å². The summed E-state index contributed by atoms with van der Waals surface area (Å²) in [5.41, 5.74) is -4.56. The zero-order valence-corrected chi connectivity index (χ0v) is 7.37. The monoisotopic (exact) mass is 225 g/mol. The number of aliphatic carboxylic acids is 1. The van der Waals surface area contributed by atoms with Crippen LogP contribution in [0.3, 0.4) is 0 Å². The summed E-state index contributed by atoms with van der Waals surface area (Å²) in [6.45, 7) is 0.381. The minimum Gasteiger partial charge on any atom is -0.479 e. The summed E-state index contributed by atoms with van der Waals surface area (Å²) in [7, 11) is 0. The van der Waals surface area contributed by atoms with Crippen LogP contribution in [-0.4, -0.2) is 32.0 Å². The van der Waals surface area contributed by atoms with Crippen molar-refractivity contribution in [2.75, 3.05) is 0 Å². The van der Waals surface area contributed by atoms with E-state index in [9.17, 15) is 22.8 Å². The Labute approximate surface area is 80.3 Å². The lowest BCUT2D eigenvalue weighted by molar-refractivity contribution is -0.220. The summed E-state index contributed by atoms with van der Waals surface area (Å²) in [5.74, 6) is -2.18. The third-order valence-corrected chi connectivity index (χ3v) is 2.00. The number of hydrogen-bond acceptors (Lipinski definition) is 3. The predicted octanol–water partition coefficient (Wildman–Crippen LogP) is -0.0665. The topological polar surface area (TPSA) is 88.0 Å². The lowest BCUT2D eigenvalue weighted by Crippen LogP contribution is -2.54. The molecule has 0 spiro atoms. The number of alkyl halides is 3. The number of carboxylic acid groups (broad SMARTS) is 1. The predicted molar refractivity (Wildman–Crippen MR) is 40.2 cm³/mol. The first-order chi connectivity index (χ1) is 6.71. The van der Waals surface area contributed by atoms with Crippen LogP contribution in [-0.2, 0) is 10.3 Å². The molecule has 0 aromatic carbocycles. The van der Waals surface area contributed by atoms with Gasteiger partial charge in [0.25, 0.3) is 0 Å². The zero-order valence-electron chi connectivity index (χ0n) is 7.37. The fourth-order valence-corrected chi connectivity index (χ4v) is 0.928. The second kappa shape index (κ2) is 3.11. The Balaban J connectivity index is 3.45. The van der Waals surface area contributed by atoms with Gasteiger partial charge >= 0.3 is 17.8 Å². The second-order valence-corrected chi connectivity index (χ2v) is 2.91. The smallest absolute Gasteiger partial charge is 0.422 e. The van der Waals surface area contributed by atoms with Crippen molar-refractivity contribution in [2.24, 2.45) is 0 Å². The number of nitrogens with zero attached hydrogens (tertiary/aromatic N) is 2. The second-order valence-electron chi connectivity index (χ2n) is 2.91. The van der Waals surface area contributed by atoms with Crippen molar-refractivity contribution in [1.82, 2.24) is 14.8 Å². The van der Waals surface area contributed by atoms with Crippen molar-refractivity contribution >= 4 is 5.97 Å². The average molecular weight is 225 g/mol. The summed E-state index contributed by atoms with van der Waals surface area (Å²) >= 11 is 0. The van der Waals surface area contributed by atoms with Gasteiger partial charge in [-0.05, 0) is 6.92 Å². The van der Waals surface area contributed by atoms with Gasteiger partial charge in [-0.1, -0.05) is 0 Å². The molecule has 0 bridgehead atoms. The van der Waals surface area contributed by atoms with Crippen molar-refractivity contribution in [3.8, 4) is 0 Å². The van der Waals surface area contributed by atoms with E-state index in [1.165, 1.54) is 0 Å². The fourth-order valence-electron chi connectivity index (χ4n) is 0.928. The van der Waals surface area contributed by atoms with Gasteiger partial charge in [0.15, 0.2) is 0 Å². The standard InChI is InChI=1S/C6H6F3N3O3/c1-5(3(13)14,6(7,8)9)12-2-10-11-4(12)15/h2H,1H3,(H,11,15)(H,13,14). The van der Waals surface area contributed by atoms with E-state index in [0.717, 1.165) is 0 Å². The number of hydrogen-bond donors (Lipinski definition) is 2. The van der Waals surface area contributed by atoms with Crippen LogP contribution in [0.4, 0.5) is 13.2 Å². The highest BCUT2D eigenvalue weighted by molar-refractivity contribution is 5.77. The number of carbonyl (C=O) groups is 1. The largest absolute Gasteiger partial charge is 0.479 e. The Morgan fingerprint density at radius 2 is 2.13 bits per heavy atom. The van der Waals surface area contributed by atoms with Crippen molar-refractivity contribution in [1.29, 1.82) is 0 Å². The van der Waals surface area contributed by atoms with Crippen LogP contribution in [0.25, 0.3) is 0 Å². The molecular formula is C6H6F3N3O3. The Hall–Kier alpha value is -1.80. The third kappa shape index (κ3) is 1.49. The molecule has 0 saturated carbocycles. The molecule has 1 rings (SSSR count). The van der Waals surface area contributed by atoms with E-state index in [1.54, 1.807) is 5.10 Å². The van der Waals surface area contributed by atoms with Crippen molar-refractivity contribution in [3.63, 3.8) is 0 Å². The molecule has 1 heterocycles. The fraction of sp³-hybridized carbons (Fsp3) is 0.500. The number of aromatic nitrogens is 3. The first-order valence-electron chi connectivity index (χ1n) is 3.64. The Kier molecular flexibility index (Phi) is 2.33. The molecule has 84 valence electrons. The minimum absolute atomic E-state index is 0.0185. The number of rotatable bonds is 2. The first kappa shape index (κ1) is 11.3. The van der Waals surface area contributed by atoms with Crippen LogP contribution in [0.2, 0.25) is 0 Å². The molecule has 6 nitrogen and oxygen atoms in total. The summed E-state index contributed by atoms with van der Waals surface area (Å²) < 4.78 is 37.5. The van der Waals surface area contributed by atoms with Crippen molar-refractivity contribution in [3.05, 3.63) is 16.8 Å². The van der Waals surface area contributed by atoms with Crippen LogP contribution < -0.4 is 5.69 Å². The van der Waals surface area contributed by atoms with E-state index in [0.29, 0.717) is 13.3 Å². The van der Waals surface area contributed by atoms with Crippen molar-refractivity contribution < 1.29 is 23.1 Å². The number of nitrogens with one attached hydrogen (secondary N) is 1. The average Bonchev–Trinajstić information content (AvgIpc) is 2.47. The van der Waals surface area contributed by atoms with Gasteiger partial charge in [0.2, 0.25) is 5.54 Å². The molecule has 0 aliphatic carbocycles. The van der Waals surface area contributed by atoms with E-state index in [1.807, 2.05) is 0 Å². The molecular weight excluding hydrogens is 219 g/mol. The van der Waals surface area contributed by atoms with Gasteiger partial charge in [-0.15, -0.1) is 0 Å². The Morgan fingerprint density at radius 3 is 2.40 bits per heavy atom. The lowest BCUT2D eigenvalue weighted by atomic mass is 10.0. The molecule has 15 heavy (non-hydrogen) atoms. The molecule has 0 fully saturated rings. The van der Waals surface area contributed by atoms with Crippen LogP contribution in [0.5, 0.6) is 0 Å². The van der Waals surface area contributed by atoms with Crippen LogP contribution in [0, 0.1) is 0 Å². The molecule has 1 aromatic heterocycles. The molecule has 2 N–H and O–H groups in total. The summed E-state index contributed by atoms with van der Waals surface area (Å²) in [6.07, 6.45) is -4.61. The quantitative estimate of drug-likeness (QED) is 0.737. The number of H-pyrrole nitrogens is 1. The van der Waals surface area contributed by atoms with Gasteiger partial charge in [0.1, 0.15) is 6.33 Å². The molecule has 9 heteroatoms. The SMILES string of the molecule is CC(C(=O)O)(n1cn[nH]c1=O)C(F)(F)F. The maximum Gasteiger partial charge on any atom is 0.422 e. The lowest BCUT2D eigenvalue weighted by Gasteiger charge is -2.27. The highest BCUT2D eigenvalue weighted by atomic mass is 19.4. The zero-order chi connectivity index (χ0) is 11.9. The molecule has 0 aliphatic heterocycles. The summed E-state index contributed by atoms with van der Waals surface area (Å²) in [6, 6.07) is 0. The molecule has 1 unspecified atom stereocenters. The summed E-state index contributed by atoms with van der Waals surface area (Å²) in [4.78, 5) is 21.5. The van der Waals surface area contributed by atoms with Gasteiger partial charge in [-0.2, -0.15) is 18.3 Å². The van der Waals surface area contributed by atoms with E-state index in [4.69, 9.17) is 5.11 Å². The van der Waals surface area contributed by atoms with Crippen LogP contribution in [0.1, 0.15) is 6.92 Å². The maximum absolute atomic E-state index is 12.5. The van der Waals surface area contributed by atoms with Crippen LogP contribution >= 0.6 is 0 Å². The van der Waals surface area contributed by atoms with Gasteiger partial charge in [0.05, 0.1) is 0 Å². The van der Waals surface area contributed by atoms with E-state index < -0.39 is 23.4 Å². The number of carboxylic acids is 1. The van der Waals surface area contributed by atoms with Gasteiger partial charge in [0, 0.05) is 0 Å². The highest BCUT2D eigenvalue weighted by Gasteiger charge is 2.59. The van der Waals surface area contributed by atoms with Crippen LogP contribution in [0.15, 0.2) is 11.1 Å². The van der Waals surface area contributed by atoms with Gasteiger partial charge in [-0.3, -0.25) is 4.57 Å². The molecule has 1 aromatic rings. The molecule has 1 atom stereocenters. The van der Waals surface area contributed by atoms with E-state index in [2.05, 4.69) is 5.10 Å². The number of aromatic amines is 1. The van der Waals surface area contributed by atoms with Crippen molar-refractivity contribution in [2.45, 2.75) is 18.6 Å². The van der Waals surface area contributed by atoms with E-state index in [-0.39, 0.29) is 4.57 Å². The maximum atomic E-state index is 12.5. The van der Waals surface area contributed by atoms with E-state index >= 15 is 0 Å². The Morgan fingerprint density at radius 1 is 1.60 bits per heavy atom. The number of halogens is 3. The third-order valence-electron chi connectivity index (χ3n) is 2.00.